The van der Waals surface area contributed by atoms with E-state index < -0.39 is 0 Å². The van der Waals surface area contributed by atoms with Crippen LogP contribution in [0.25, 0.3) is 0 Å². The smallest absolute Gasteiger partial charge is 0.320 e. The van der Waals surface area contributed by atoms with Crippen molar-refractivity contribution in [3.63, 3.8) is 0 Å². The Labute approximate surface area is 151 Å². The molecule has 8 heteroatoms. The number of nitrogens with zero attached hydrogens (tertiary/aromatic N) is 3. The molecule has 1 aliphatic rings. The molecule has 1 amide bonds. The molecule has 3 N–H and O–H groups in total. The number of amides is 1. The number of fused-ring (bicyclic) bond motifs is 1. The van der Waals surface area contributed by atoms with Gasteiger partial charge in [0.2, 0.25) is 5.91 Å². The van der Waals surface area contributed by atoms with Crippen molar-refractivity contribution < 1.29 is 14.3 Å². The van der Waals surface area contributed by atoms with E-state index in [2.05, 4.69) is 22.2 Å². The van der Waals surface area contributed by atoms with Gasteiger partial charge in [0.1, 0.15) is 18.5 Å². The summed E-state index contributed by atoms with van der Waals surface area (Å²) in [6.45, 7) is 4.43. The van der Waals surface area contributed by atoms with Crippen molar-refractivity contribution in [2.45, 2.75) is 26.7 Å². The molecule has 8 nitrogen and oxygen atoms in total. The number of anilines is 4. The van der Waals surface area contributed by atoms with Crippen LogP contribution in [0.2, 0.25) is 0 Å². The van der Waals surface area contributed by atoms with Gasteiger partial charge in [-0.3, -0.25) is 9.59 Å². The maximum Gasteiger partial charge on any atom is 0.320 e. The second-order valence-corrected chi connectivity index (χ2v) is 6.04. The van der Waals surface area contributed by atoms with Gasteiger partial charge in [0.05, 0.1) is 6.61 Å². The van der Waals surface area contributed by atoms with Gasteiger partial charge in [-0.15, -0.1) is 0 Å². The largest absolute Gasteiger partial charge is 0.463 e. The lowest BCUT2D eigenvalue weighted by molar-refractivity contribution is -0.115. The maximum atomic E-state index is 12.2. The molecule has 0 unspecified atom stereocenters. The second kappa shape index (κ2) is 7.38. The zero-order chi connectivity index (χ0) is 18.7. The number of benzene rings is 1. The fraction of sp³-hybridized carbons (Fsp3) is 0.333. The monoisotopic (exact) mass is 355 g/mol. The Bertz CT molecular complexity index is 853. The summed E-state index contributed by atoms with van der Waals surface area (Å²) in [5.74, 6) is 0.363. The Balaban J connectivity index is 2.07. The molecule has 0 fully saturated rings. The van der Waals surface area contributed by atoms with Crippen molar-refractivity contribution in [1.82, 2.24) is 9.97 Å². The minimum Gasteiger partial charge on any atom is -0.463 e. The zero-order valence-electron chi connectivity index (χ0n) is 14.8. The SMILES string of the molecule is CCCCOc1nc(N)c2c(n1)N(c1cccc(C=O)c1C)CC(=O)N2. The fourth-order valence-electron chi connectivity index (χ4n) is 2.79. The van der Waals surface area contributed by atoms with Gasteiger partial charge in [0.15, 0.2) is 11.6 Å². The Morgan fingerprint density at radius 2 is 2.19 bits per heavy atom. The molecule has 1 aromatic carbocycles. The molecule has 26 heavy (non-hydrogen) atoms. The second-order valence-electron chi connectivity index (χ2n) is 6.04. The molecule has 0 bridgehead atoms. The summed E-state index contributed by atoms with van der Waals surface area (Å²) in [7, 11) is 0. The molecule has 3 rings (SSSR count). The van der Waals surface area contributed by atoms with E-state index in [1.807, 2.05) is 13.0 Å². The number of nitrogen functional groups attached to an aromatic ring is 1. The summed E-state index contributed by atoms with van der Waals surface area (Å²) in [5, 5.41) is 2.71. The van der Waals surface area contributed by atoms with Crippen LogP contribution >= 0.6 is 0 Å². The highest BCUT2D eigenvalue weighted by molar-refractivity contribution is 6.05. The number of unbranched alkanes of at least 4 members (excludes halogenated alkanes) is 1. The average molecular weight is 355 g/mol. The summed E-state index contributed by atoms with van der Waals surface area (Å²) in [5.41, 5.74) is 8.38. The van der Waals surface area contributed by atoms with Crippen LogP contribution in [0.3, 0.4) is 0 Å². The standard InChI is InChI=1S/C18H21N5O3/c1-3-4-8-26-18-21-16(19)15-17(22-18)23(9-14(25)20-15)13-7-5-6-12(10-24)11(13)2/h5-7,10H,3-4,8-9H2,1-2H3,(H,20,25)(H2,19,21,22). The van der Waals surface area contributed by atoms with Crippen LogP contribution in [0.1, 0.15) is 35.7 Å². The molecule has 2 aromatic rings. The van der Waals surface area contributed by atoms with Crippen LogP contribution < -0.4 is 20.7 Å². The number of ether oxygens (including phenoxy) is 1. The Morgan fingerprint density at radius 3 is 2.92 bits per heavy atom. The topological polar surface area (TPSA) is 110 Å². The van der Waals surface area contributed by atoms with Crippen molar-refractivity contribution >= 4 is 35.2 Å². The van der Waals surface area contributed by atoms with Gasteiger partial charge >= 0.3 is 6.01 Å². The van der Waals surface area contributed by atoms with Crippen LogP contribution in [0.5, 0.6) is 6.01 Å². The molecule has 1 aliphatic heterocycles. The fourth-order valence-corrected chi connectivity index (χ4v) is 2.79. The Morgan fingerprint density at radius 1 is 1.38 bits per heavy atom. The number of carbonyl (C=O) groups is 2. The van der Waals surface area contributed by atoms with Crippen LogP contribution in [0.4, 0.5) is 23.0 Å². The first kappa shape index (κ1) is 17.7. The van der Waals surface area contributed by atoms with Crippen LogP contribution in [0, 0.1) is 6.92 Å². The molecule has 0 aliphatic carbocycles. The minimum absolute atomic E-state index is 0.0566. The zero-order valence-corrected chi connectivity index (χ0v) is 14.8. The quantitative estimate of drug-likeness (QED) is 0.605. The molecular formula is C18H21N5O3. The third-order valence-corrected chi connectivity index (χ3v) is 4.21. The van der Waals surface area contributed by atoms with E-state index in [4.69, 9.17) is 10.5 Å². The van der Waals surface area contributed by atoms with Crippen LogP contribution in [-0.2, 0) is 4.79 Å². The summed E-state index contributed by atoms with van der Waals surface area (Å²) in [6.07, 6.45) is 2.65. The lowest BCUT2D eigenvalue weighted by Crippen LogP contribution is -2.37. The normalized spacial score (nSPS) is 13.2. The summed E-state index contributed by atoms with van der Waals surface area (Å²) >= 11 is 0. The molecule has 136 valence electrons. The number of hydrogen-bond donors (Lipinski definition) is 2. The van der Waals surface area contributed by atoms with E-state index in [1.165, 1.54) is 0 Å². The van der Waals surface area contributed by atoms with Crippen molar-refractivity contribution in [2.24, 2.45) is 0 Å². The maximum absolute atomic E-state index is 12.2. The highest BCUT2D eigenvalue weighted by Gasteiger charge is 2.29. The highest BCUT2D eigenvalue weighted by Crippen LogP contribution is 2.39. The molecular weight excluding hydrogens is 334 g/mol. The number of rotatable bonds is 6. The minimum atomic E-state index is -0.233. The number of nitrogens with two attached hydrogens (primary N) is 1. The highest BCUT2D eigenvalue weighted by atomic mass is 16.5. The first-order valence-corrected chi connectivity index (χ1v) is 8.47. The van der Waals surface area contributed by atoms with Gasteiger partial charge in [-0.05, 0) is 25.0 Å². The van der Waals surface area contributed by atoms with Crippen LogP contribution in [0.15, 0.2) is 18.2 Å². The van der Waals surface area contributed by atoms with Crippen molar-refractivity contribution in [3.8, 4) is 6.01 Å². The average Bonchev–Trinajstić information content (AvgIpc) is 2.62. The molecule has 0 atom stereocenters. The van der Waals surface area contributed by atoms with Crippen LogP contribution in [-0.4, -0.2) is 35.3 Å². The third-order valence-electron chi connectivity index (χ3n) is 4.21. The van der Waals surface area contributed by atoms with Crippen molar-refractivity contribution in [2.75, 3.05) is 29.1 Å². The number of aromatic nitrogens is 2. The predicted molar refractivity (Wildman–Crippen MR) is 99.0 cm³/mol. The van der Waals surface area contributed by atoms with E-state index in [-0.39, 0.29) is 24.3 Å². The van der Waals surface area contributed by atoms with E-state index in [0.717, 1.165) is 24.7 Å². The molecule has 0 spiro atoms. The third kappa shape index (κ3) is 3.30. The molecule has 0 radical (unpaired) electrons. The summed E-state index contributed by atoms with van der Waals surface area (Å²) in [6, 6.07) is 5.49. The van der Waals surface area contributed by atoms with Gasteiger partial charge in [-0.1, -0.05) is 25.5 Å². The van der Waals surface area contributed by atoms with Crippen molar-refractivity contribution in [3.05, 3.63) is 29.3 Å². The Kier molecular flexibility index (Phi) is 5.01. The molecule has 1 aromatic heterocycles. The molecule has 2 heterocycles. The first-order chi connectivity index (χ1) is 12.5. The van der Waals surface area contributed by atoms with Gasteiger partial charge in [-0.25, -0.2) is 0 Å². The lowest BCUT2D eigenvalue weighted by atomic mass is 10.1. The first-order valence-electron chi connectivity index (χ1n) is 8.47. The van der Waals surface area contributed by atoms with Gasteiger partial charge in [0, 0.05) is 11.3 Å². The van der Waals surface area contributed by atoms with Gasteiger partial charge in [-0.2, -0.15) is 9.97 Å². The summed E-state index contributed by atoms with van der Waals surface area (Å²) < 4.78 is 5.58. The van der Waals surface area contributed by atoms with E-state index in [1.54, 1.807) is 17.0 Å². The van der Waals surface area contributed by atoms with E-state index in [9.17, 15) is 9.59 Å². The summed E-state index contributed by atoms with van der Waals surface area (Å²) in [4.78, 5) is 33.7. The van der Waals surface area contributed by atoms with Gasteiger partial charge in [0.25, 0.3) is 0 Å². The van der Waals surface area contributed by atoms with E-state index >= 15 is 0 Å². The van der Waals surface area contributed by atoms with E-state index in [0.29, 0.717) is 29.4 Å². The Hall–Kier alpha value is -3.16. The number of aldehydes is 1. The predicted octanol–water partition coefficient (Wildman–Crippen LogP) is 2.45. The molecule has 0 saturated heterocycles. The molecule has 0 saturated carbocycles. The number of nitrogens with one attached hydrogen (secondary N) is 1. The van der Waals surface area contributed by atoms with Gasteiger partial charge < -0.3 is 20.7 Å². The number of hydrogen-bond acceptors (Lipinski definition) is 7. The number of carbonyl (C=O) groups excluding carboxylic acids is 2. The lowest BCUT2D eigenvalue weighted by Gasteiger charge is -2.31. The van der Waals surface area contributed by atoms with Crippen molar-refractivity contribution in [1.29, 1.82) is 0 Å².